The Morgan fingerprint density at radius 3 is 2.31 bits per heavy atom. The summed E-state index contributed by atoms with van der Waals surface area (Å²) < 4.78 is 5.02. The van der Waals surface area contributed by atoms with Crippen molar-refractivity contribution in [1.29, 1.82) is 0 Å². The quantitative estimate of drug-likeness (QED) is 0.471. The molecule has 0 bridgehead atoms. The van der Waals surface area contributed by atoms with Crippen molar-refractivity contribution in [2.24, 2.45) is 0 Å². The molecular formula is C26H31NO2. The first-order valence-electron chi connectivity index (χ1n) is 10.7. The predicted molar refractivity (Wildman–Crippen MR) is 118 cm³/mol. The molecule has 1 aliphatic carbocycles. The standard InChI is InChI=1S/C26H31NO2/c1-5-27(24-15-16-24)18-23-14-11-21(17-25(23)19(3)4)8-7-20-9-12-22(13-10-20)26(28)29-6-2/h9-14,17,19,24H,5-6,15-16,18H2,1-4H3. The van der Waals surface area contributed by atoms with E-state index in [4.69, 9.17) is 4.74 Å². The fraction of sp³-hybridized carbons (Fsp3) is 0.423. The van der Waals surface area contributed by atoms with Gasteiger partial charge in [-0.25, -0.2) is 4.79 Å². The first kappa shape index (κ1) is 21.1. The molecule has 0 N–H and O–H groups in total. The summed E-state index contributed by atoms with van der Waals surface area (Å²) in [6, 6.07) is 14.6. The van der Waals surface area contributed by atoms with E-state index in [0.717, 1.165) is 30.3 Å². The number of rotatable bonds is 7. The molecule has 1 saturated carbocycles. The maximum absolute atomic E-state index is 11.8. The monoisotopic (exact) mass is 389 g/mol. The van der Waals surface area contributed by atoms with Gasteiger partial charge in [-0.3, -0.25) is 4.90 Å². The molecule has 1 fully saturated rings. The van der Waals surface area contributed by atoms with Gasteiger partial charge >= 0.3 is 5.97 Å². The number of benzene rings is 2. The topological polar surface area (TPSA) is 29.5 Å². The van der Waals surface area contributed by atoms with Crippen LogP contribution < -0.4 is 0 Å². The highest BCUT2D eigenvalue weighted by molar-refractivity contribution is 5.89. The van der Waals surface area contributed by atoms with Gasteiger partial charge in [0.15, 0.2) is 0 Å². The minimum absolute atomic E-state index is 0.295. The maximum atomic E-state index is 11.8. The van der Waals surface area contributed by atoms with Gasteiger partial charge in [0.05, 0.1) is 12.2 Å². The summed E-state index contributed by atoms with van der Waals surface area (Å²) >= 11 is 0. The lowest BCUT2D eigenvalue weighted by atomic mass is 9.94. The Labute approximate surface area is 175 Å². The van der Waals surface area contributed by atoms with E-state index in [1.165, 1.54) is 24.0 Å². The van der Waals surface area contributed by atoms with Crippen molar-refractivity contribution < 1.29 is 9.53 Å². The lowest BCUT2D eigenvalue weighted by molar-refractivity contribution is 0.0526. The molecule has 3 rings (SSSR count). The second-order valence-corrected chi connectivity index (χ2v) is 7.91. The van der Waals surface area contributed by atoms with Crippen molar-refractivity contribution in [3.8, 4) is 11.8 Å². The van der Waals surface area contributed by atoms with Gasteiger partial charge in [-0.15, -0.1) is 0 Å². The molecule has 0 saturated heterocycles. The predicted octanol–water partition coefficient (Wildman–Crippen LogP) is 5.37. The minimum Gasteiger partial charge on any atom is -0.462 e. The number of hydrogen-bond donors (Lipinski definition) is 0. The third-order valence-corrected chi connectivity index (χ3v) is 5.36. The van der Waals surface area contributed by atoms with E-state index in [1.807, 2.05) is 12.1 Å². The summed E-state index contributed by atoms with van der Waals surface area (Å²) in [5.74, 6) is 6.66. The van der Waals surface area contributed by atoms with Gasteiger partial charge in [-0.2, -0.15) is 0 Å². The molecule has 0 unspecified atom stereocenters. The molecule has 2 aromatic rings. The molecule has 29 heavy (non-hydrogen) atoms. The van der Waals surface area contributed by atoms with Gasteiger partial charge in [0.25, 0.3) is 0 Å². The Bertz CT molecular complexity index is 899. The minimum atomic E-state index is -0.295. The molecule has 0 aromatic heterocycles. The zero-order chi connectivity index (χ0) is 20.8. The lowest BCUT2D eigenvalue weighted by Crippen LogP contribution is -2.25. The van der Waals surface area contributed by atoms with Crippen LogP contribution in [0.2, 0.25) is 0 Å². The van der Waals surface area contributed by atoms with Gasteiger partial charge in [0.1, 0.15) is 0 Å². The molecule has 3 nitrogen and oxygen atoms in total. The molecular weight excluding hydrogens is 358 g/mol. The van der Waals surface area contributed by atoms with Gasteiger partial charge < -0.3 is 4.74 Å². The Morgan fingerprint density at radius 2 is 1.72 bits per heavy atom. The van der Waals surface area contributed by atoms with E-state index in [2.05, 4.69) is 55.7 Å². The van der Waals surface area contributed by atoms with Crippen LogP contribution in [-0.2, 0) is 11.3 Å². The Balaban J connectivity index is 1.76. The average Bonchev–Trinajstić information content (AvgIpc) is 3.56. The number of carbonyl (C=O) groups excluding carboxylic acids is 1. The smallest absolute Gasteiger partial charge is 0.338 e. The first-order chi connectivity index (χ1) is 14.0. The van der Waals surface area contributed by atoms with Crippen LogP contribution in [0.25, 0.3) is 0 Å². The molecule has 152 valence electrons. The van der Waals surface area contributed by atoms with Crippen LogP contribution in [0, 0.1) is 11.8 Å². The summed E-state index contributed by atoms with van der Waals surface area (Å²) in [6.07, 6.45) is 2.67. The van der Waals surface area contributed by atoms with Crippen LogP contribution >= 0.6 is 0 Å². The molecule has 2 aromatic carbocycles. The zero-order valence-electron chi connectivity index (χ0n) is 18.0. The molecule has 0 heterocycles. The highest BCUT2D eigenvalue weighted by Gasteiger charge is 2.28. The van der Waals surface area contributed by atoms with Crippen LogP contribution in [0.3, 0.4) is 0 Å². The number of nitrogens with zero attached hydrogens (tertiary/aromatic N) is 1. The fourth-order valence-corrected chi connectivity index (χ4v) is 3.56. The van der Waals surface area contributed by atoms with E-state index in [0.29, 0.717) is 18.1 Å². The molecule has 0 spiro atoms. The van der Waals surface area contributed by atoms with Crippen molar-refractivity contribution in [2.45, 2.75) is 59.0 Å². The van der Waals surface area contributed by atoms with Crippen LogP contribution in [0.5, 0.6) is 0 Å². The summed E-state index contributed by atoms with van der Waals surface area (Å²) in [4.78, 5) is 14.3. The third-order valence-electron chi connectivity index (χ3n) is 5.36. The highest BCUT2D eigenvalue weighted by Crippen LogP contribution is 2.30. The lowest BCUT2D eigenvalue weighted by Gasteiger charge is -2.23. The molecule has 0 atom stereocenters. The number of esters is 1. The van der Waals surface area contributed by atoms with Gasteiger partial charge in [-0.05, 0) is 79.8 Å². The van der Waals surface area contributed by atoms with Gasteiger partial charge in [0.2, 0.25) is 0 Å². The van der Waals surface area contributed by atoms with Crippen LogP contribution in [-0.4, -0.2) is 30.1 Å². The SMILES string of the molecule is CCOC(=O)c1ccc(C#Cc2ccc(CN(CC)C3CC3)c(C(C)C)c2)cc1. The fourth-order valence-electron chi connectivity index (χ4n) is 3.56. The molecule has 3 heteroatoms. The summed E-state index contributed by atoms with van der Waals surface area (Å²) in [7, 11) is 0. The van der Waals surface area contributed by atoms with Gasteiger partial charge in [-0.1, -0.05) is 38.7 Å². The van der Waals surface area contributed by atoms with Crippen LogP contribution in [0.4, 0.5) is 0 Å². The Hall–Kier alpha value is -2.57. The number of hydrogen-bond acceptors (Lipinski definition) is 3. The molecule has 0 radical (unpaired) electrons. The molecule has 0 amide bonds. The van der Waals surface area contributed by atoms with E-state index in [9.17, 15) is 4.79 Å². The van der Waals surface area contributed by atoms with E-state index in [1.54, 1.807) is 19.1 Å². The van der Waals surface area contributed by atoms with Crippen molar-refractivity contribution in [3.63, 3.8) is 0 Å². The van der Waals surface area contributed by atoms with Gasteiger partial charge in [0, 0.05) is 23.7 Å². The summed E-state index contributed by atoms with van der Waals surface area (Å²) in [5.41, 5.74) is 5.27. The van der Waals surface area contributed by atoms with E-state index < -0.39 is 0 Å². The number of ether oxygens (including phenoxy) is 1. The van der Waals surface area contributed by atoms with Crippen molar-refractivity contribution in [2.75, 3.05) is 13.2 Å². The van der Waals surface area contributed by atoms with Crippen LogP contribution in [0.1, 0.15) is 79.1 Å². The molecule has 1 aliphatic rings. The normalized spacial score (nSPS) is 13.3. The second-order valence-electron chi connectivity index (χ2n) is 7.91. The Kier molecular flexibility index (Phi) is 7.12. The van der Waals surface area contributed by atoms with Crippen molar-refractivity contribution in [3.05, 3.63) is 70.3 Å². The molecule has 0 aliphatic heterocycles. The second kappa shape index (κ2) is 9.76. The van der Waals surface area contributed by atoms with Crippen LogP contribution in [0.15, 0.2) is 42.5 Å². The first-order valence-corrected chi connectivity index (χ1v) is 10.7. The van der Waals surface area contributed by atoms with Crippen molar-refractivity contribution in [1.82, 2.24) is 4.90 Å². The summed E-state index contributed by atoms with van der Waals surface area (Å²) in [5, 5.41) is 0. The number of carbonyl (C=O) groups is 1. The highest BCUT2D eigenvalue weighted by atomic mass is 16.5. The third kappa shape index (κ3) is 5.71. The Morgan fingerprint density at radius 1 is 1.07 bits per heavy atom. The zero-order valence-corrected chi connectivity index (χ0v) is 18.0. The van der Waals surface area contributed by atoms with Crippen molar-refractivity contribution >= 4 is 5.97 Å². The average molecular weight is 390 g/mol. The largest absolute Gasteiger partial charge is 0.462 e. The maximum Gasteiger partial charge on any atom is 0.338 e. The van der Waals surface area contributed by atoms with E-state index in [-0.39, 0.29) is 5.97 Å². The summed E-state index contributed by atoms with van der Waals surface area (Å²) in [6.45, 7) is 11.1. The van der Waals surface area contributed by atoms with E-state index >= 15 is 0 Å².